The van der Waals surface area contributed by atoms with Gasteiger partial charge in [0.2, 0.25) is 0 Å². The number of benzene rings is 3. The zero-order chi connectivity index (χ0) is 15.0. The Labute approximate surface area is 139 Å². The second-order valence-corrected chi connectivity index (χ2v) is 6.19. The molecule has 0 amide bonds. The van der Waals surface area contributed by atoms with Crippen molar-refractivity contribution in [3.63, 3.8) is 0 Å². The van der Waals surface area contributed by atoms with Crippen molar-refractivity contribution >= 4 is 50.7 Å². The molecule has 0 spiro atoms. The van der Waals surface area contributed by atoms with E-state index in [-0.39, 0.29) is 11.6 Å². The predicted octanol–water partition coefficient (Wildman–Crippen LogP) is 5.47. The molecule has 3 aromatic rings. The number of halogens is 3. The molecule has 3 aromatic carbocycles. The Hall–Kier alpha value is -1.46. The normalized spacial score (nSPS) is 10.8. The molecular weight excluding hydrogens is 402 g/mol. The smallest absolute Gasteiger partial charge is 0.194 e. The third-order valence-electron chi connectivity index (χ3n) is 3.29. The number of carbonyl (C=O) groups is 1. The summed E-state index contributed by atoms with van der Waals surface area (Å²) in [5.41, 5.74) is 1.01. The van der Waals surface area contributed by atoms with Gasteiger partial charge in [-0.1, -0.05) is 35.9 Å². The van der Waals surface area contributed by atoms with E-state index >= 15 is 0 Å². The number of hydrogen-bond acceptors (Lipinski definition) is 1. The van der Waals surface area contributed by atoms with Crippen LogP contribution in [-0.4, -0.2) is 5.78 Å². The molecule has 0 aromatic heterocycles. The minimum absolute atomic E-state index is 0.155. The number of fused-ring (bicyclic) bond motifs is 1. The first kappa shape index (κ1) is 14.5. The summed E-state index contributed by atoms with van der Waals surface area (Å²) in [4.78, 5) is 12.8. The lowest BCUT2D eigenvalue weighted by Crippen LogP contribution is -2.05. The van der Waals surface area contributed by atoms with Crippen LogP contribution in [0.1, 0.15) is 15.9 Å². The van der Waals surface area contributed by atoms with Crippen LogP contribution in [0.2, 0.25) is 5.02 Å². The summed E-state index contributed by atoms with van der Waals surface area (Å²) in [6.45, 7) is 0. The Morgan fingerprint density at radius 3 is 2.43 bits per heavy atom. The van der Waals surface area contributed by atoms with Gasteiger partial charge in [-0.2, -0.15) is 0 Å². The van der Waals surface area contributed by atoms with Crippen LogP contribution in [0.5, 0.6) is 0 Å². The van der Waals surface area contributed by atoms with E-state index < -0.39 is 0 Å². The first-order chi connectivity index (χ1) is 10.1. The average molecular weight is 411 g/mol. The molecule has 0 aliphatic carbocycles. The van der Waals surface area contributed by atoms with Crippen LogP contribution >= 0.6 is 34.2 Å². The Morgan fingerprint density at radius 1 is 0.952 bits per heavy atom. The largest absolute Gasteiger partial charge is 0.289 e. The van der Waals surface area contributed by atoms with E-state index in [0.29, 0.717) is 26.9 Å². The minimum atomic E-state index is -0.331. The molecule has 3 rings (SSSR count). The SMILES string of the molecule is O=C(c1cc(Cl)ccc1I)c1ccc(F)c2ccccc12. The minimum Gasteiger partial charge on any atom is -0.289 e. The monoisotopic (exact) mass is 410 g/mol. The van der Waals surface area contributed by atoms with Crippen LogP contribution in [0.3, 0.4) is 0 Å². The lowest BCUT2D eigenvalue weighted by Gasteiger charge is -2.08. The molecule has 0 atom stereocenters. The molecule has 0 aliphatic rings. The summed E-state index contributed by atoms with van der Waals surface area (Å²) in [7, 11) is 0. The summed E-state index contributed by atoms with van der Waals surface area (Å²) < 4.78 is 14.7. The first-order valence-electron chi connectivity index (χ1n) is 6.25. The maximum atomic E-state index is 13.8. The molecule has 0 N–H and O–H groups in total. The van der Waals surface area contributed by atoms with E-state index in [1.807, 2.05) is 0 Å². The van der Waals surface area contributed by atoms with Crippen molar-refractivity contribution in [2.75, 3.05) is 0 Å². The number of ketones is 1. The van der Waals surface area contributed by atoms with Gasteiger partial charge in [0.05, 0.1) is 0 Å². The molecule has 0 heterocycles. The van der Waals surface area contributed by atoms with E-state index in [2.05, 4.69) is 22.6 Å². The molecule has 4 heteroatoms. The van der Waals surface area contributed by atoms with Crippen molar-refractivity contribution < 1.29 is 9.18 Å². The van der Waals surface area contributed by atoms with Crippen molar-refractivity contribution in [1.29, 1.82) is 0 Å². The molecule has 0 bridgehead atoms. The third kappa shape index (κ3) is 2.68. The van der Waals surface area contributed by atoms with Gasteiger partial charge in [0.1, 0.15) is 5.82 Å². The fourth-order valence-corrected chi connectivity index (χ4v) is 3.03. The van der Waals surface area contributed by atoms with Crippen LogP contribution in [0.25, 0.3) is 10.8 Å². The average Bonchev–Trinajstić information content (AvgIpc) is 2.50. The molecule has 0 fully saturated rings. The number of hydrogen-bond donors (Lipinski definition) is 0. The maximum absolute atomic E-state index is 13.8. The molecular formula is C17H9ClFIO. The standard InChI is InChI=1S/C17H9ClFIO/c18-10-5-8-16(20)14(9-10)17(21)13-6-7-15(19)12-4-2-1-3-11(12)13/h1-9H. The molecule has 0 aliphatic heterocycles. The molecule has 0 unspecified atom stereocenters. The summed E-state index contributed by atoms with van der Waals surface area (Å²) in [6, 6.07) is 15.0. The van der Waals surface area contributed by atoms with Crippen LogP contribution in [0.15, 0.2) is 54.6 Å². The van der Waals surface area contributed by atoms with Crippen LogP contribution in [-0.2, 0) is 0 Å². The summed E-state index contributed by atoms with van der Waals surface area (Å²) in [5.74, 6) is -0.485. The van der Waals surface area contributed by atoms with E-state index in [9.17, 15) is 9.18 Å². The van der Waals surface area contributed by atoms with E-state index in [1.165, 1.54) is 12.1 Å². The van der Waals surface area contributed by atoms with Crippen LogP contribution < -0.4 is 0 Å². The predicted molar refractivity (Wildman–Crippen MR) is 91.5 cm³/mol. The van der Waals surface area contributed by atoms with E-state index in [0.717, 1.165) is 3.57 Å². The van der Waals surface area contributed by atoms with Gasteiger partial charge < -0.3 is 0 Å². The van der Waals surface area contributed by atoms with Gasteiger partial charge in [0, 0.05) is 25.1 Å². The Kier molecular flexibility index (Phi) is 3.95. The van der Waals surface area contributed by atoms with Gasteiger partial charge >= 0.3 is 0 Å². The summed E-state index contributed by atoms with van der Waals surface area (Å²) in [5, 5.41) is 1.56. The van der Waals surface area contributed by atoms with Crippen LogP contribution in [0.4, 0.5) is 4.39 Å². The summed E-state index contributed by atoms with van der Waals surface area (Å²) in [6.07, 6.45) is 0. The highest BCUT2D eigenvalue weighted by Gasteiger charge is 2.17. The first-order valence-corrected chi connectivity index (χ1v) is 7.70. The fourth-order valence-electron chi connectivity index (χ4n) is 2.28. The van der Waals surface area contributed by atoms with E-state index in [4.69, 9.17) is 11.6 Å². The van der Waals surface area contributed by atoms with Gasteiger partial charge in [-0.25, -0.2) is 4.39 Å². The Bertz CT molecular complexity index is 861. The third-order valence-corrected chi connectivity index (χ3v) is 4.46. The van der Waals surface area contributed by atoms with E-state index in [1.54, 1.807) is 42.5 Å². The van der Waals surface area contributed by atoms with Crippen molar-refractivity contribution in [3.8, 4) is 0 Å². The Balaban J connectivity index is 2.23. The lowest BCUT2D eigenvalue weighted by atomic mass is 9.97. The van der Waals surface area contributed by atoms with Crippen LogP contribution in [0, 0.1) is 9.39 Å². The Morgan fingerprint density at radius 2 is 1.67 bits per heavy atom. The second kappa shape index (κ2) is 5.73. The second-order valence-electron chi connectivity index (χ2n) is 4.59. The zero-order valence-corrected chi connectivity index (χ0v) is 13.7. The van der Waals surface area contributed by atoms with Gasteiger partial charge in [-0.05, 0) is 58.3 Å². The van der Waals surface area contributed by atoms with Crippen molar-refractivity contribution in [3.05, 3.63) is 80.1 Å². The molecule has 0 saturated carbocycles. The van der Waals surface area contributed by atoms with Crippen molar-refractivity contribution in [2.45, 2.75) is 0 Å². The molecule has 1 nitrogen and oxygen atoms in total. The highest BCUT2D eigenvalue weighted by atomic mass is 127. The molecule has 104 valence electrons. The molecule has 21 heavy (non-hydrogen) atoms. The number of carbonyl (C=O) groups excluding carboxylic acids is 1. The quantitative estimate of drug-likeness (QED) is 0.404. The van der Waals surface area contributed by atoms with Crippen molar-refractivity contribution in [2.24, 2.45) is 0 Å². The van der Waals surface area contributed by atoms with Gasteiger partial charge in [-0.3, -0.25) is 4.79 Å². The topological polar surface area (TPSA) is 17.1 Å². The van der Waals surface area contributed by atoms with Gasteiger partial charge in [0.15, 0.2) is 5.78 Å². The summed E-state index contributed by atoms with van der Waals surface area (Å²) >= 11 is 8.07. The highest BCUT2D eigenvalue weighted by molar-refractivity contribution is 14.1. The lowest BCUT2D eigenvalue weighted by molar-refractivity contribution is 0.103. The van der Waals surface area contributed by atoms with Gasteiger partial charge in [0.25, 0.3) is 0 Å². The zero-order valence-electron chi connectivity index (χ0n) is 10.7. The maximum Gasteiger partial charge on any atom is 0.194 e. The van der Waals surface area contributed by atoms with Crippen molar-refractivity contribution in [1.82, 2.24) is 0 Å². The molecule has 0 radical (unpaired) electrons. The van der Waals surface area contributed by atoms with Gasteiger partial charge in [-0.15, -0.1) is 0 Å². The molecule has 0 saturated heterocycles. The highest BCUT2D eigenvalue weighted by Crippen LogP contribution is 2.26. The number of rotatable bonds is 2. The fraction of sp³-hybridized carbons (Fsp3) is 0.